The third-order valence-electron chi connectivity index (χ3n) is 1.88. The minimum absolute atomic E-state index is 0.0331. The predicted molar refractivity (Wildman–Crippen MR) is 55.9 cm³/mol. The van der Waals surface area contributed by atoms with Crippen LogP contribution in [-0.2, 0) is 25.9 Å². The van der Waals surface area contributed by atoms with Crippen molar-refractivity contribution in [3.63, 3.8) is 0 Å². The van der Waals surface area contributed by atoms with Crippen molar-refractivity contribution in [1.29, 1.82) is 0 Å². The summed E-state index contributed by atoms with van der Waals surface area (Å²) in [6.07, 6.45) is -0.0331. The van der Waals surface area contributed by atoms with Gasteiger partial charge in [0.05, 0.1) is 0 Å². The number of phenolic OH excluding ortho intramolecular Hbond substituents is 1. The van der Waals surface area contributed by atoms with E-state index in [2.05, 4.69) is 4.18 Å². The molecule has 1 atom stereocenters. The molecule has 6 nitrogen and oxygen atoms in total. The Hall–Kier alpha value is -1.67. The number of halogens is 1. The maximum atomic E-state index is 12.0. The molecule has 0 aliphatic rings. The lowest BCUT2D eigenvalue weighted by Gasteiger charge is -2.08. The first-order chi connectivity index (χ1) is 7.78. The van der Waals surface area contributed by atoms with Crippen molar-refractivity contribution < 1.29 is 26.4 Å². The van der Waals surface area contributed by atoms with Crippen LogP contribution in [0.1, 0.15) is 5.56 Å². The third kappa shape index (κ3) is 4.79. The molecular formula is C9H10FNO5S. The second-order valence-electron chi connectivity index (χ2n) is 3.27. The number of phenols is 1. The molecule has 0 radical (unpaired) electrons. The van der Waals surface area contributed by atoms with Gasteiger partial charge in [0, 0.05) is 0 Å². The Balaban J connectivity index is 2.63. The predicted octanol–water partition coefficient (Wildman–Crippen LogP) is 0.0195. The van der Waals surface area contributed by atoms with Crippen molar-refractivity contribution in [2.24, 2.45) is 5.73 Å². The molecule has 0 fully saturated rings. The van der Waals surface area contributed by atoms with Gasteiger partial charge in [0.15, 0.2) is 0 Å². The second kappa shape index (κ2) is 5.11. The SMILES string of the molecule is N[C@@H](Cc1ccc(O)cc1)C(=O)OS(=O)(=O)F. The average molecular weight is 263 g/mol. The van der Waals surface area contributed by atoms with Gasteiger partial charge in [0.2, 0.25) is 0 Å². The van der Waals surface area contributed by atoms with Crippen LogP contribution in [0, 0.1) is 0 Å². The minimum atomic E-state index is -5.34. The number of benzene rings is 1. The molecule has 1 aromatic rings. The summed E-state index contributed by atoms with van der Waals surface area (Å²) in [6, 6.07) is 4.43. The van der Waals surface area contributed by atoms with Gasteiger partial charge in [-0.05, 0) is 24.1 Å². The van der Waals surface area contributed by atoms with Crippen LogP contribution in [0.2, 0.25) is 0 Å². The molecule has 0 saturated heterocycles. The van der Waals surface area contributed by atoms with E-state index in [9.17, 15) is 17.1 Å². The molecule has 94 valence electrons. The van der Waals surface area contributed by atoms with Crippen LogP contribution in [0.4, 0.5) is 3.89 Å². The molecule has 0 saturated carbocycles. The number of aromatic hydroxyl groups is 1. The van der Waals surface area contributed by atoms with Crippen molar-refractivity contribution in [3.05, 3.63) is 29.8 Å². The normalized spacial score (nSPS) is 13.1. The van der Waals surface area contributed by atoms with Gasteiger partial charge in [0.25, 0.3) is 0 Å². The smallest absolute Gasteiger partial charge is 0.491 e. The Kier molecular flexibility index (Phi) is 4.02. The fourth-order valence-electron chi connectivity index (χ4n) is 1.13. The number of nitrogens with two attached hydrogens (primary N) is 1. The number of hydrogen-bond donors (Lipinski definition) is 2. The summed E-state index contributed by atoms with van der Waals surface area (Å²) >= 11 is 0. The highest BCUT2D eigenvalue weighted by Gasteiger charge is 2.22. The number of hydrogen-bond acceptors (Lipinski definition) is 6. The van der Waals surface area contributed by atoms with Crippen molar-refractivity contribution in [2.45, 2.75) is 12.5 Å². The molecule has 0 aliphatic heterocycles. The van der Waals surface area contributed by atoms with Crippen LogP contribution < -0.4 is 5.73 Å². The number of carbonyl (C=O) groups is 1. The molecule has 1 aromatic carbocycles. The summed E-state index contributed by atoms with van der Waals surface area (Å²) < 4.78 is 35.6. The van der Waals surface area contributed by atoms with E-state index < -0.39 is 22.5 Å². The highest BCUT2D eigenvalue weighted by atomic mass is 32.3. The van der Waals surface area contributed by atoms with Gasteiger partial charge in [-0.15, -0.1) is 0 Å². The minimum Gasteiger partial charge on any atom is -0.508 e. The lowest BCUT2D eigenvalue weighted by atomic mass is 10.1. The van der Waals surface area contributed by atoms with Crippen molar-refractivity contribution in [1.82, 2.24) is 0 Å². The van der Waals surface area contributed by atoms with Crippen LogP contribution in [0.3, 0.4) is 0 Å². The molecule has 0 aromatic heterocycles. The first-order valence-corrected chi connectivity index (χ1v) is 5.80. The summed E-state index contributed by atoms with van der Waals surface area (Å²) in [6.45, 7) is 0. The second-order valence-corrected chi connectivity index (χ2v) is 4.23. The molecule has 0 bridgehead atoms. The molecule has 3 N–H and O–H groups in total. The summed E-state index contributed by atoms with van der Waals surface area (Å²) in [5.41, 5.74) is 5.90. The van der Waals surface area contributed by atoms with E-state index >= 15 is 0 Å². The Bertz CT molecular complexity index is 499. The van der Waals surface area contributed by atoms with Crippen LogP contribution in [0.25, 0.3) is 0 Å². The van der Waals surface area contributed by atoms with Gasteiger partial charge in [-0.3, -0.25) is 0 Å². The van der Waals surface area contributed by atoms with Gasteiger partial charge in [-0.2, -0.15) is 8.42 Å². The zero-order chi connectivity index (χ0) is 13.1. The van der Waals surface area contributed by atoms with E-state index in [1.54, 1.807) is 0 Å². The highest BCUT2D eigenvalue weighted by Crippen LogP contribution is 2.11. The molecule has 0 spiro atoms. The molecule has 0 heterocycles. The molecule has 1 rings (SSSR count). The van der Waals surface area contributed by atoms with E-state index in [0.717, 1.165) is 0 Å². The summed E-state index contributed by atoms with van der Waals surface area (Å²) in [5.74, 6) is -1.34. The Labute approximate surface area is 97.2 Å². The van der Waals surface area contributed by atoms with Gasteiger partial charge in [-0.25, -0.2) is 4.79 Å². The van der Waals surface area contributed by atoms with Crippen LogP contribution in [-0.4, -0.2) is 25.5 Å². The van der Waals surface area contributed by atoms with Crippen LogP contribution >= 0.6 is 0 Å². The molecule has 8 heteroatoms. The van der Waals surface area contributed by atoms with E-state index in [0.29, 0.717) is 5.56 Å². The topological polar surface area (TPSA) is 107 Å². The monoisotopic (exact) mass is 263 g/mol. The van der Waals surface area contributed by atoms with E-state index in [1.807, 2.05) is 0 Å². The van der Waals surface area contributed by atoms with Gasteiger partial charge >= 0.3 is 16.5 Å². The molecule has 0 amide bonds. The van der Waals surface area contributed by atoms with E-state index in [-0.39, 0.29) is 12.2 Å². The van der Waals surface area contributed by atoms with E-state index in [4.69, 9.17) is 10.8 Å². The highest BCUT2D eigenvalue weighted by molar-refractivity contribution is 7.81. The first-order valence-electron chi connectivity index (χ1n) is 4.49. The number of rotatable bonds is 4. The van der Waals surface area contributed by atoms with Gasteiger partial charge in [-0.1, -0.05) is 16.0 Å². The quantitative estimate of drug-likeness (QED) is 0.741. The molecular weight excluding hydrogens is 253 g/mol. The van der Waals surface area contributed by atoms with Gasteiger partial charge < -0.3 is 15.0 Å². The zero-order valence-electron chi connectivity index (χ0n) is 8.54. The van der Waals surface area contributed by atoms with Crippen LogP contribution in [0.15, 0.2) is 24.3 Å². The fraction of sp³-hybridized carbons (Fsp3) is 0.222. The maximum absolute atomic E-state index is 12.0. The summed E-state index contributed by atoms with van der Waals surface area (Å²) in [4.78, 5) is 11.0. The Morgan fingerprint density at radius 2 is 1.94 bits per heavy atom. The van der Waals surface area contributed by atoms with Crippen molar-refractivity contribution in [3.8, 4) is 5.75 Å². The first kappa shape index (κ1) is 13.4. The molecule has 0 aliphatic carbocycles. The Morgan fingerprint density at radius 1 is 1.41 bits per heavy atom. The summed E-state index contributed by atoms with van der Waals surface area (Å²) in [5, 5.41) is 9.00. The van der Waals surface area contributed by atoms with E-state index in [1.165, 1.54) is 24.3 Å². The third-order valence-corrected chi connectivity index (χ3v) is 2.24. The lowest BCUT2D eigenvalue weighted by molar-refractivity contribution is -0.135. The zero-order valence-corrected chi connectivity index (χ0v) is 9.35. The Morgan fingerprint density at radius 3 is 2.41 bits per heavy atom. The fourth-order valence-corrected chi connectivity index (χ4v) is 1.45. The standard InChI is InChI=1S/C9H10FNO5S/c10-17(14,15)16-9(13)8(11)5-6-1-3-7(12)4-2-6/h1-4,8,12H,5,11H2/t8-/m0/s1. The number of carbonyl (C=O) groups excluding carboxylic acids is 1. The molecule has 17 heavy (non-hydrogen) atoms. The van der Waals surface area contributed by atoms with Crippen LogP contribution in [0.5, 0.6) is 5.75 Å². The van der Waals surface area contributed by atoms with Gasteiger partial charge in [0.1, 0.15) is 11.8 Å². The molecule has 0 unspecified atom stereocenters. The van der Waals surface area contributed by atoms with Crippen molar-refractivity contribution in [2.75, 3.05) is 0 Å². The summed E-state index contributed by atoms with van der Waals surface area (Å²) in [7, 11) is -5.34. The average Bonchev–Trinajstić information content (AvgIpc) is 2.19. The van der Waals surface area contributed by atoms with Crippen molar-refractivity contribution >= 4 is 16.5 Å². The largest absolute Gasteiger partial charge is 0.508 e. The lowest BCUT2D eigenvalue weighted by Crippen LogP contribution is -2.35. The maximum Gasteiger partial charge on any atom is 0.491 e.